The third-order valence-electron chi connectivity index (χ3n) is 4.49. The van der Waals surface area contributed by atoms with Crippen LogP contribution in [0.1, 0.15) is 41.5 Å². The summed E-state index contributed by atoms with van der Waals surface area (Å²) in [4.78, 5) is 63.1. The second kappa shape index (κ2) is 14.0. The second-order valence-electron chi connectivity index (χ2n) is 8.83. The zero-order chi connectivity index (χ0) is 28.3. The summed E-state index contributed by atoms with van der Waals surface area (Å²) in [5, 5.41) is 5.96. The van der Waals surface area contributed by atoms with Crippen LogP contribution in [0.3, 0.4) is 0 Å². The van der Waals surface area contributed by atoms with Crippen molar-refractivity contribution in [3.63, 3.8) is 0 Å². The van der Waals surface area contributed by atoms with Gasteiger partial charge < -0.3 is 33.7 Å². The molecule has 0 saturated carbocycles. The largest absolute Gasteiger partial charge is 0.477 e. The van der Waals surface area contributed by atoms with Gasteiger partial charge in [0.1, 0.15) is 24.4 Å². The topological polar surface area (TPSA) is 202 Å². The molecule has 0 radical (unpaired) electrons. The molecule has 5 atom stereocenters. The quantitative estimate of drug-likeness (QED) is 0.131. The number of carbonyl (C=O) groups excluding carboxylic acids is 5. The van der Waals surface area contributed by atoms with Crippen LogP contribution in [0.5, 0.6) is 0 Å². The fourth-order valence-electron chi connectivity index (χ4n) is 3.36. The molecule has 0 aromatic carbocycles. The number of carbonyl (C=O) groups is 5. The third kappa shape index (κ3) is 10.8. The number of nitrogens with zero attached hydrogens (tertiary/aromatic N) is 3. The van der Waals surface area contributed by atoms with Crippen LogP contribution in [0.4, 0.5) is 0 Å². The first-order valence-corrected chi connectivity index (χ1v) is 11.1. The minimum Gasteiger partial charge on any atom is -0.477 e. The minimum absolute atomic E-state index is 0.397. The van der Waals surface area contributed by atoms with Crippen LogP contribution < -0.4 is 5.32 Å². The Morgan fingerprint density at radius 1 is 1.14 bits per heavy atom. The molecule has 0 spiro atoms. The smallest absolute Gasteiger partial charge is 0.373 e. The summed E-state index contributed by atoms with van der Waals surface area (Å²) in [5.74, 6) is -4.29. The van der Waals surface area contributed by atoms with Gasteiger partial charge in [0.05, 0.1) is 19.7 Å². The molecule has 0 aliphatic carbocycles. The van der Waals surface area contributed by atoms with E-state index in [2.05, 4.69) is 15.3 Å². The number of methoxy groups -OCH3 is 1. The Labute approximate surface area is 213 Å². The maximum absolute atomic E-state index is 12.4. The summed E-state index contributed by atoms with van der Waals surface area (Å²) in [6.07, 6.45) is -4.37. The van der Waals surface area contributed by atoms with Crippen molar-refractivity contribution in [3.8, 4) is 0 Å². The number of rotatable bonds is 11. The molecule has 15 nitrogen and oxygen atoms in total. The van der Waals surface area contributed by atoms with Gasteiger partial charge in [-0.1, -0.05) is 5.11 Å². The highest BCUT2D eigenvalue weighted by Gasteiger charge is 2.48. The Bertz CT molecular complexity index is 949. The number of amides is 1. The lowest BCUT2D eigenvalue weighted by atomic mass is 9.93. The fraction of sp³-hybridized carbons (Fsp3) is 0.682. The van der Waals surface area contributed by atoms with E-state index < -0.39 is 84.8 Å². The van der Waals surface area contributed by atoms with Gasteiger partial charge in [-0.25, -0.2) is 9.59 Å². The van der Waals surface area contributed by atoms with E-state index in [4.69, 9.17) is 34.0 Å². The lowest BCUT2D eigenvalue weighted by Crippen LogP contribution is -2.61. The zero-order valence-electron chi connectivity index (χ0n) is 21.7. The van der Waals surface area contributed by atoms with Crippen LogP contribution >= 0.6 is 0 Å². The molecule has 1 aliphatic rings. The molecular formula is C22H32N4O11. The first-order chi connectivity index (χ1) is 17.2. The average Bonchev–Trinajstić information content (AvgIpc) is 2.77. The molecule has 1 N–H and O–H groups in total. The van der Waals surface area contributed by atoms with Crippen molar-refractivity contribution in [2.75, 3.05) is 20.3 Å². The van der Waals surface area contributed by atoms with Crippen molar-refractivity contribution >= 4 is 29.8 Å². The highest BCUT2D eigenvalue weighted by atomic mass is 16.6. The van der Waals surface area contributed by atoms with Crippen molar-refractivity contribution < 1.29 is 52.4 Å². The van der Waals surface area contributed by atoms with E-state index >= 15 is 0 Å². The van der Waals surface area contributed by atoms with Gasteiger partial charge >= 0.3 is 23.9 Å². The molecule has 0 bridgehead atoms. The van der Waals surface area contributed by atoms with Crippen LogP contribution in [0.15, 0.2) is 16.9 Å². The first kappa shape index (κ1) is 31.2. The Morgan fingerprint density at radius 3 is 2.24 bits per heavy atom. The van der Waals surface area contributed by atoms with E-state index in [1.165, 1.54) is 13.0 Å². The summed E-state index contributed by atoms with van der Waals surface area (Å²) in [5.41, 5.74) is 7.97. The van der Waals surface area contributed by atoms with E-state index in [-0.39, 0.29) is 0 Å². The molecule has 0 unspecified atom stereocenters. The van der Waals surface area contributed by atoms with Crippen molar-refractivity contribution in [1.82, 2.24) is 5.32 Å². The molecule has 0 saturated heterocycles. The van der Waals surface area contributed by atoms with Crippen LogP contribution in [0.2, 0.25) is 0 Å². The Balaban J connectivity index is 3.55. The van der Waals surface area contributed by atoms with Crippen LogP contribution in [-0.4, -0.2) is 86.1 Å². The van der Waals surface area contributed by atoms with Gasteiger partial charge in [0.2, 0.25) is 11.7 Å². The number of nitrogens with one attached hydrogen (secondary N) is 1. The molecule has 0 aromatic heterocycles. The van der Waals surface area contributed by atoms with Gasteiger partial charge in [-0.2, -0.15) is 0 Å². The highest BCUT2D eigenvalue weighted by molar-refractivity contribution is 5.86. The van der Waals surface area contributed by atoms with E-state index in [0.29, 0.717) is 0 Å². The Kier molecular flexibility index (Phi) is 11.8. The molecule has 15 heteroatoms. The summed E-state index contributed by atoms with van der Waals surface area (Å²) in [7, 11) is 1.09. The second-order valence-corrected chi connectivity index (χ2v) is 8.83. The molecule has 1 rings (SSSR count). The fourth-order valence-corrected chi connectivity index (χ4v) is 3.36. The number of hydrogen-bond donors (Lipinski definition) is 1. The molecule has 1 aliphatic heterocycles. The van der Waals surface area contributed by atoms with Gasteiger partial charge in [-0.05, 0) is 32.4 Å². The molecule has 0 aromatic rings. The SMILES string of the molecule is COC(=O)C1=C[C@H](OCC(=O)OC(C)(C)C)[C@@H](NC(C)=O)[C@H]([C@H](OC(C)=O)[C@@H](CN=[N+]=[N-])OC(C)=O)O1. The predicted molar refractivity (Wildman–Crippen MR) is 123 cm³/mol. The minimum atomic E-state index is -1.51. The summed E-state index contributed by atoms with van der Waals surface area (Å²) in [6.45, 7) is 7.24. The molecule has 206 valence electrons. The molecule has 37 heavy (non-hydrogen) atoms. The van der Waals surface area contributed by atoms with Crippen molar-refractivity contribution in [1.29, 1.82) is 0 Å². The number of ether oxygens (including phenoxy) is 6. The third-order valence-corrected chi connectivity index (χ3v) is 4.49. The summed E-state index contributed by atoms with van der Waals surface area (Å²) < 4.78 is 31.9. The Hall–Kier alpha value is -3.84. The van der Waals surface area contributed by atoms with Crippen molar-refractivity contribution in [2.24, 2.45) is 5.11 Å². The van der Waals surface area contributed by atoms with Gasteiger partial charge in [0, 0.05) is 25.7 Å². The van der Waals surface area contributed by atoms with Gasteiger partial charge in [0.15, 0.2) is 12.2 Å². The molecular weight excluding hydrogens is 496 g/mol. The van der Waals surface area contributed by atoms with E-state index in [0.717, 1.165) is 21.0 Å². The number of esters is 4. The normalized spacial score (nSPS) is 20.5. The zero-order valence-corrected chi connectivity index (χ0v) is 21.7. The van der Waals surface area contributed by atoms with E-state index in [9.17, 15) is 24.0 Å². The molecule has 1 amide bonds. The van der Waals surface area contributed by atoms with Gasteiger partial charge in [-0.15, -0.1) is 0 Å². The van der Waals surface area contributed by atoms with Gasteiger partial charge in [0.25, 0.3) is 0 Å². The summed E-state index contributed by atoms with van der Waals surface area (Å²) >= 11 is 0. The maximum atomic E-state index is 12.4. The predicted octanol–water partition coefficient (Wildman–Crippen LogP) is 0.847. The average molecular weight is 529 g/mol. The first-order valence-electron chi connectivity index (χ1n) is 11.1. The standard InChI is InChI=1S/C22H32N4O11/c1-11(27)25-18-14(33-10-17(30)37-22(4,5)6)8-15(21(31)32-7)36-20(18)19(35-13(3)29)16(9-24-26-23)34-12(2)28/h8,14,16,18-20H,9-10H2,1-7H3,(H,25,27)/t14-,16+,18+,19+,20+/m0/s1. The molecule has 1 heterocycles. The maximum Gasteiger partial charge on any atom is 0.373 e. The lowest BCUT2D eigenvalue weighted by Gasteiger charge is -2.41. The lowest BCUT2D eigenvalue weighted by molar-refractivity contribution is -0.184. The van der Waals surface area contributed by atoms with E-state index in [1.54, 1.807) is 20.8 Å². The van der Waals surface area contributed by atoms with E-state index in [1.807, 2.05) is 0 Å². The highest BCUT2D eigenvalue weighted by Crippen LogP contribution is 2.28. The van der Waals surface area contributed by atoms with Crippen LogP contribution in [0.25, 0.3) is 10.4 Å². The molecule has 0 fully saturated rings. The Morgan fingerprint density at radius 2 is 1.76 bits per heavy atom. The van der Waals surface area contributed by atoms with Crippen molar-refractivity contribution in [2.45, 2.75) is 77.6 Å². The van der Waals surface area contributed by atoms with Crippen LogP contribution in [0, 0.1) is 0 Å². The number of hydrogen-bond acceptors (Lipinski definition) is 12. The van der Waals surface area contributed by atoms with Crippen LogP contribution in [-0.2, 0) is 52.4 Å². The summed E-state index contributed by atoms with van der Waals surface area (Å²) in [6, 6.07) is -1.19. The van der Waals surface area contributed by atoms with Gasteiger partial charge in [-0.3, -0.25) is 14.4 Å². The monoisotopic (exact) mass is 528 g/mol. The van der Waals surface area contributed by atoms with Crippen molar-refractivity contribution in [3.05, 3.63) is 22.3 Å². The number of azide groups is 1.